The standard InChI is InChI=1S/C6H7Cl2N2O3P/c7-3-1-4(8)6(5(11)2-3)10-14(9,12)13/h1-2,11H,(H4,9,10,12,13). The summed E-state index contributed by atoms with van der Waals surface area (Å²) in [5.74, 6) is -0.345. The molecule has 14 heavy (non-hydrogen) atoms. The first-order valence-electron chi connectivity index (χ1n) is 3.37. The molecule has 0 bridgehead atoms. The highest BCUT2D eigenvalue weighted by molar-refractivity contribution is 7.57. The number of aromatic hydroxyl groups is 1. The van der Waals surface area contributed by atoms with Crippen molar-refractivity contribution >= 4 is 36.6 Å². The zero-order valence-corrected chi connectivity index (χ0v) is 9.14. The predicted octanol–water partition coefficient (Wildman–Crippen LogP) is 2.17. The number of phenolic OH excluding ortho intramolecular Hbond substituents is 1. The number of halogens is 2. The molecule has 0 aliphatic rings. The van der Waals surface area contributed by atoms with Crippen molar-refractivity contribution in [2.45, 2.75) is 0 Å². The van der Waals surface area contributed by atoms with Crippen LogP contribution in [0.1, 0.15) is 0 Å². The van der Waals surface area contributed by atoms with Crippen LogP contribution >= 0.6 is 30.9 Å². The average Bonchev–Trinajstić information content (AvgIpc) is 1.95. The number of hydrogen-bond acceptors (Lipinski definition) is 2. The van der Waals surface area contributed by atoms with Gasteiger partial charge in [0.2, 0.25) is 0 Å². The van der Waals surface area contributed by atoms with Gasteiger partial charge in [-0.25, -0.2) is 10.1 Å². The maximum atomic E-state index is 10.8. The van der Waals surface area contributed by atoms with Gasteiger partial charge in [0.15, 0.2) is 0 Å². The quantitative estimate of drug-likeness (QED) is 0.481. The van der Waals surface area contributed by atoms with Crippen LogP contribution in [0.2, 0.25) is 10.0 Å². The highest BCUT2D eigenvalue weighted by Gasteiger charge is 2.16. The van der Waals surface area contributed by atoms with Gasteiger partial charge in [-0.1, -0.05) is 23.2 Å². The summed E-state index contributed by atoms with van der Waals surface area (Å²) >= 11 is 11.2. The van der Waals surface area contributed by atoms with Crippen LogP contribution in [0.15, 0.2) is 12.1 Å². The molecular formula is C6H7Cl2N2O3P. The Hall–Kier alpha value is -0.450. The Bertz CT molecular complexity index is 383. The monoisotopic (exact) mass is 256 g/mol. The van der Waals surface area contributed by atoms with E-state index in [9.17, 15) is 9.67 Å². The first-order chi connectivity index (χ1) is 6.29. The van der Waals surface area contributed by atoms with Crippen molar-refractivity contribution < 1.29 is 14.6 Å². The Morgan fingerprint density at radius 3 is 2.43 bits per heavy atom. The van der Waals surface area contributed by atoms with Crippen molar-refractivity contribution in [3.05, 3.63) is 22.2 Å². The van der Waals surface area contributed by atoms with Gasteiger partial charge in [0.05, 0.1) is 5.02 Å². The van der Waals surface area contributed by atoms with E-state index in [1.807, 2.05) is 5.09 Å². The molecule has 1 rings (SSSR count). The van der Waals surface area contributed by atoms with E-state index in [0.29, 0.717) is 0 Å². The van der Waals surface area contributed by atoms with Crippen LogP contribution in [0, 0.1) is 0 Å². The molecule has 1 aromatic carbocycles. The van der Waals surface area contributed by atoms with Crippen molar-refractivity contribution in [1.82, 2.24) is 0 Å². The molecule has 78 valence electrons. The number of phenols is 1. The van der Waals surface area contributed by atoms with Crippen molar-refractivity contribution in [3.8, 4) is 5.75 Å². The second-order valence-corrected chi connectivity index (χ2v) is 4.83. The average molecular weight is 257 g/mol. The minimum atomic E-state index is -3.99. The Morgan fingerprint density at radius 1 is 1.43 bits per heavy atom. The highest BCUT2D eigenvalue weighted by atomic mass is 35.5. The summed E-state index contributed by atoms with van der Waals surface area (Å²) in [6.07, 6.45) is 0. The Morgan fingerprint density at radius 2 is 2.00 bits per heavy atom. The van der Waals surface area contributed by atoms with Crippen LogP contribution in [-0.4, -0.2) is 10.00 Å². The molecule has 5 N–H and O–H groups in total. The van der Waals surface area contributed by atoms with Gasteiger partial charge in [0.1, 0.15) is 11.4 Å². The molecule has 0 aliphatic heterocycles. The number of anilines is 1. The molecule has 0 heterocycles. The Balaban J connectivity index is 3.15. The van der Waals surface area contributed by atoms with Crippen LogP contribution in [0.4, 0.5) is 5.69 Å². The van der Waals surface area contributed by atoms with Gasteiger partial charge >= 0.3 is 7.67 Å². The van der Waals surface area contributed by atoms with Crippen LogP contribution in [0.25, 0.3) is 0 Å². The summed E-state index contributed by atoms with van der Waals surface area (Å²) in [4.78, 5) is 8.81. The minimum Gasteiger partial charge on any atom is -0.506 e. The van der Waals surface area contributed by atoms with Crippen molar-refractivity contribution in [2.75, 3.05) is 5.09 Å². The first-order valence-corrected chi connectivity index (χ1v) is 5.86. The molecular weight excluding hydrogens is 250 g/mol. The van der Waals surface area contributed by atoms with Crippen LogP contribution in [-0.2, 0) is 4.57 Å². The zero-order chi connectivity index (χ0) is 10.9. The van der Waals surface area contributed by atoms with E-state index >= 15 is 0 Å². The van der Waals surface area contributed by atoms with Crippen molar-refractivity contribution in [1.29, 1.82) is 0 Å². The normalized spacial score (nSPS) is 14.9. The molecule has 0 aromatic heterocycles. The van der Waals surface area contributed by atoms with E-state index in [0.717, 1.165) is 0 Å². The van der Waals surface area contributed by atoms with Crippen LogP contribution < -0.4 is 10.6 Å². The predicted molar refractivity (Wildman–Crippen MR) is 55.8 cm³/mol. The molecule has 1 atom stereocenters. The van der Waals surface area contributed by atoms with E-state index in [4.69, 9.17) is 33.6 Å². The van der Waals surface area contributed by atoms with E-state index < -0.39 is 7.67 Å². The van der Waals surface area contributed by atoms with Gasteiger partial charge in [-0.05, 0) is 6.07 Å². The number of rotatable bonds is 2. The molecule has 1 aromatic rings. The summed E-state index contributed by atoms with van der Waals surface area (Å²) in [6.45, 7) is 0. The highest BCUT2D eigenvalue weighted by Crippen LogP contribution is 2.41. The third kappa shape index (κ3) is 3.04. The van der Waals surface area contributed by atoms with Gasteiger partial charge < -0.3 is 10.00 Å². The maximum absolute atomic E-state index is 10.8. The smallest absolute Gasteiger partial charge is 0.360 e. The van der Waals surface area contributed by atoms with Crippen LogP contribution in [0.3, 0.4) is 0 Å². The lowest BCUT2D eigenvalue weighted by atomic mass is 10.3. The summed E-state index contributed by atoms with van der Waals surface area (Å²) in [5, 5.41) is 11.5. The maximum Gasteiger partial charge on any atom is 0.360 e. The van der Waals surface area contributed by atoms with E-state index in [-0.39, 0.29) is 21.5 Å². The second kappa shape index (κ2) is 3.96. The van der Waals surface area contributed by atoms with Gasteiger partial charge in [-0.15, -0.1) is 0 Å². The molecule has 0 saturated carbocycles. The Kier molecular flexibility index (Phi) is 3.29. The zero-order valence-electron chi connectivity index (χ0n) is 6.74. The molecule has 0 spiro atoms. The van der Waals surface area contributed by atoms with Gasteiger partial charge in [-0.3, -0.25) is 5.09 Å². The molecule has 0 radical (unpaired) electrons. The van der Waals surface area contributed by atoms with Crippen LogP contribution in [0.5, 0.6) is 5.75 Å². The first kappa shape index (κ1) is 11.6. The largest absolute Gasteiger partial charge is 0.506 e. The topological polar surface area (TPSA) is 95.6 Å². The SMILES string of the molecule is NP(=O)(O)Nc1c(O)cc(Cl)cc1Cl. The fourth-order valence-corrected chi connectivity index (χ4v) is 1.98. The van der Waals surface area contributed by atoms with E-state index in [1.54, 1.807) is 0 Å². The molecule has 5 nitrogen and oxygen atoms in total. The summed E-state index contributed by atoms with van der Waals surface area (Å²) in [6, 6.07) is 2.48. The third-order valence-corrected chi connectivity index (χ3v) is 2.37. The lowest BCUT2D eigenvalue weighted by molar-refractivity contribution is 0.472. The summed E-state index contributed by atoms with van der Waals surface area (Å²) < 4.78 is 10.8. The van der Waals surface area contributed by atoms with Gasteiger partial charge in [0.25, 0.3) is 0 Å². The molecule has 0 saturated heterocycles. The number of benzene rings is 1. The molecule has 8 heteroatoms. The Labute approximate surface area is 90.0 Å². The molecule has 1 unspecified atom stereocenters. The molecule has 0 fully saturated rings. The second-order valence-electron chi connectivity index (χ2n) is 2.52. The summed E-state index contributed by atoms with van der Waals surface area (Å²) in [7, 11) is -3.99. The minimum absolute atomic E-state index is 0.00900. The third-order valence-electron chi connectivity index (χ3n) is 1.31. The van der Waals surface area contributed by atoms with E-state index in [1.165, 1.54) is 12.1 Å². The lowest BCUT2D eigenvalue weighted by Gasteiger charge is -2.12. The van der Waals surface area contributed by atoms with E-state index in [2.05, 4.69) is 0 Å². The molecule has 0 aliphatic carbocycles. The number of nitrogens with two attached hydrogens (primary N) is 1. The van der Waals surface area contributed by atoms with Gasteiger partial charge in [-0.2, -0.15) is 0 Å². The molecule has 0 amide bonds. The number of hydrogen-bond donors (Lipinski definition) is 4. The van der Waals surface area contributed by atoms with Crippen molar-refractivity contribution in [3.63, 3.8) is 0 Å². The fraction of sp³-hybridized carbons (Fsp3) is 0. The van der Waals surface area contributed by atoms with Crippen molar-refractivity contribution in [2.24, 2.45) is 5.50 Å². The van der Waals surface area contributed by atoms with Gasteiger partial charge in [0, 0.05) is 11.1 Å². The number of nitrogens with one attached hydrogen (secondary N) is 1. The lowest BCUT2D eigenvalue weighted by Crippen LogP contribution is -2.04. The fourth-order valence-electron chi connectivity index (χ4n) is 0.831. The summed E-state index contributed by atoms with van der Waals surface area (Å²) in [5.41, 5.74) is 4.72.